The maximum atomic E-state index is 13.2. The van der Waals surface area contributed by atoms with Crippen LogP contribution in [0, 0.1) is 12.7 Å². The Morgan fingerprint density at radius 2 is 1.87 bits per heavy atom. The smallest absolute Gasteiger partial charge is 0.293 e. The zero-order chi connectivity index (χ0) is 28.1. The molecule has 0 unspecified atom stereocenters. The van der Waals surface area contributed by atoms with Gasteiger partial charge in [0.2, 0.25) is 0 Å². The molecule has 0 aliphatic carbocycles. The van der Waals surface area contributed by atoms with E-state index in [2.05, 4.69) is 21.2 Å². The van der Waals surface area contributed by atoms with Gasteiger partial charge in [-0.15, -0.1) is 0 Å². The molecule has 7 nitrogen and oxygen atoms in total. The summed E-state index contributed by atoms with van der Waals surface area (Å²) in [5.41, 5.74) is 2.67. The summed E-state index contributed by atoms with van der Waals surface area (Å²) < 4.78 is 25.2. The van der Waals surface area contributed by atoms with E-state index in [1.807, 2.05) is 6.92 Å². The van der Waals surface area contributed by atoms with Gasteiger partial charge in [-0.2, -0.15) is 0 Å². The Bertz CT molecular complexity index is 1470. The SMILES string of the molecule is CCOc1cc(/C=C2\SC(=O)N(Cc3ccc(F)cc3)C2=O)cc(Br)c1OCC(=O)Nc1ccc(C)c(Cl)c1. The number of carbonyl (C=O) groups is 3. The van der Waals surface area contributed by atoms with Crippen LogP contribution in [0.25, 0.3) is 6.08 Å². The number of rotatable bonds is 9. The molecule has 0 aromatic heterocycles. The van der Waals surface area contributed by atoms with Crippen molar-refractivity contribution in [3.63, 3.8) is 0 Å². The highest BCUT2D eigenvalue weighted by Gasteiger charge is 2.35. The molecule has 0 atom stereocenters. The second-order valence-corrected chi connectivity index (χ2v) is 10.7. The highest BCUT2D eigenvalue weighted by Crippen LogP contribution is 2.39. The number of hydrogen-bond donors (Lipinski definition) is 1. The predicted octanol–water partition coefficient (Wildman–Crippen LogP) is 7.20. The van der Waals surface area contributed by atoms with Crippen LogP contribution in [0.2, 0.25) is 5.02 Å². The van der Waals surface area contributed by atoms with Gasteiger partial charge >= 0.3 is 0 Å². The van der Waals surface area contributed by atoms with Gasteiger partial charge in [0.05, 0.1) is 22.5 Å². The van der Waals surface area contributed by atoms with E-state index in [0.29, 0.717) is 44.4 Å². The molecule has 1 aliphatic rings. The van der Waals surface area contributed by atoms with Crippen molar-refractivity contribution in [2.45, 2.75) is 20.4 Å². The lowest BCUT2D eigenvalue weighted by Crippen LogP contribution is -2.27. The summed E-state index contributed by atoms with van der Waals surface area (Å²) in [6, 6.07) is 14.2. The molecule has 3 amide bonds. The monoisotopic (exact) mass is 632 g/mol. The fourth-order valence-corrected chi connectivity index (χ4v) is 5.23. The molecular formula is C28H23BrClFN2O5S. The summed E-state index contributed by atoms with van der Waals surface area (Å²) in [6.45, 7) is 3.76. The molecule has 39 heavy (non-hydrogen) atoms. The van der Waals surface area contributed by atoms with Crippen molar-refractivity contribution in [1.29, 1.82) is 0 Å². The Labute approximate surface area is 242 Å². The van der Waals surface area contributed by atoms with Crippen LogP contribution >= 0.6 is 39.3 Å². The second-order valence-electron chi connectivity index (χ2n) is 8.46. The molecule has 1 N–H and O–H groups in total. The van der Waals surface area contributed by atoms with Crippen LogP contribution in [0.5, 0.6) is 11.5 Å². The third-order valence-corrected chi connectivity index (χ3v) is 7.46. The second kappa shape index (κ2) is 12.7. The van der Waals surface area contributed by atoms with Gasteiger partial charge in [0, 0.05) is 10.7 Å². The topological polar surface area (TPSA) is 84.9 Å². The zero-order valence-electron chi connectivity index (χ0n) is 20.9. The number of ether oxygens (including phenoxy) is 2. The maximum Gasteiger partial charge on any atom is 0.293 e. The Hall–Kier alpha value is -3.34. The lowest BCUT2D eigenvalue weighted by atomic mass is 10.1. The normalized spacial score (nSPS) is 14.2. The van der Waals surface area contributed by atoms with E-state index in [1.165, 1.54) is 24.3 Å². The fraction of sp³-hybridized carbons (Fsp3) is 0.179. The van der Waals surface area contributed by atoms with Crippen LogP contribution in [0.1, 0.15) is 23.6 Å². The lowest BCUT2D eigenvalue weighted by Gasteiger charge is -2.15. The van der Waals surface area contributed by atoms with Crippen LogP contribution in [-0.2, 0) is 16.1 Å². The van der Waals surface area contributed by atoms with E-state index < -0.39 is 17.0 Å². The number of thioether (sulfide) groups is 1. The van der Waals surface area contributed by atoms with E-state index in [4.69, 9.17) is 21.1 Å². The quantitative estimate of drug-likeness (QED) is 0.251. The molecule has 1 aliphatic heterocycles. The first kappa shape index (κ1) is 28.7. The van der Waals surface area contributed by atoms with Gasteiger partial charge in [0.15, 0.2) is 18.1 Å². The summed E-state index contributed by atoms with van der Waals surface area (Å²) >= 11 is 10.4. The number of nitrogens with zero attached hydrogens (tertiary/aromatic N) is 1. The lowest BCUT2D eigenvalue weighted by molar-refractivity contribution is -0.123. The number of aryl methyl sites for hydroxylation is 1. The van der Waals surface area contributed by atoms with Crippen LogP contribution in [0.3, 0.4) is 0 Å². The predicted molar refractivity (Wildman–Crippen MR) is 154 cm³/mol. The molecule has 0 bridgehead atoms. The number of nitrogens with one attached hydrogen (secondary N) is 1. The highest BCUT2D eigenvalue weighted by molar-refractivity contribution is 9.10. The van der Waals surface area contributed by atoms with E-state index >= 15 is 0 Å². The number of amides is 3. The molecule has 4 rings (SSSR count). The van der Waals surface area contributed by atoms with E-state index in [1.54, 1.807) is 43.3 Å². The molecular weight excluding hydrogens is 611 g/mol. The van der Waals surface area contributed by atoms with Crippen LogP contribution in [-0.4, -0.2) is 35.2 Å². The van der Waals surface area contributed by atoms with Gasteiger partial charge in [-0.3, -0.25) is 19.3 Å². The number of hydrogen-bond acceptors (Lipinski definition) is 6. The highest BCUT2D eigenvalue weighted by atomic mass is 79.9. The van der Waals surface area contributed by atoms with Gasteiger partial charge < -0.3 is 14.8 Å². The molecule has 11 heteroatoms. The van der Waals surface area contributed by atoms with Gasteiger partial charge in [0.1, 0.15) is 5.82 Å². The number of carbonyl (C=O) groups excluding carboxylic acids is 3. The van der Waals surface area contributed by atoms with Gasteiger partial charge in [-0.25, -0.2) is 4.39 Å². The maximum absolute atomic E-state index is 13.2. The number of halogens is 3. The summed E-state index contributed by atoms with van der Waals surface area (Å²) in [5.74, 6) is -0.558. The molecule has 202 valence electrons. The third kappa shape index (κ3) is 7.20. The summed E-state index contributed by atoms with van der Waals surface area (Å²) in [6.07, 6.45) is 1.58. The Morgan fingerprint density at radius 1 is 1.13 bits per heavy atom. The molecule has 1 saturated heterocycles. The van der Waals surface area contributed by atoms with Crippen molar-refractivity contribution < 1.29 is 28.2 Å². The first-order valence-electron chi connectivity index (χ1n) is 11.8. The number of benzene rings is 3. The zero-order valence-corrected chi connectivity index (χ0v) is 24.1. The van der Waals surface area contributed by atoms with E-state index in [-0.39, 0.29) is 24.0 Å². The van der Waals surface area contributed by atoms with Crippen LogP contribution in [0.15, 0.2) is 64.0 Å². The minimum absolute atomic E-state index is 0.0415. The molecule has 1 fully saturated rings. The standard InChI is InChI=1S/C28H23BrClFN2O5S/c1-3-37-23-11-18(12-24-27(35)33(28(36)39-24)14-17-5-7-19(31)8-6-17)10-21(29)26(23)38-15-25(34)32-20-9-4-16(2)22(30)13-20/h4-13H,3,14-15H2,1-2H3,(H,32,34)/b24-12-. The third-order valence-electron chi connectivity index (χ3n) is 5.56. The van der Waals surface area contributed by atoms with Crippen LogP contribution < -0.4 is 14.8 Å². The van der Waals surface area contributed by atoms with E-state index in [9.17, 15) is 18.8 Å². The van der Waals surface area contributed by atoms with Crippen LogP contribution in [0.4, 0.5) is 14.9 Å². The van der Waals surface area contributed by atoms with Crippen molar-refractivity contribution in [1.82, 2.24) is 4.90 Å². The fourth-order valence-electron chi connectivity index (χ4n) is 3.64. The summed E-state index contributed by atoms with van der Waals surface area (Å²) in [5, 5.41) is 2.86. The molecule has 1 heterocycles. The average molecular weight is 634 g/mol. The molecule has 0 radical (unpaired) electrons. The van der Waals surface area contributed by atoms with Crippen molar-refractivity contribution in [3.05, 3.63) is 91.5 Å². The Balaban J connectivity index is 1.48. The average Bonchev–Trinajstić information content (AvgIpc) is 3.14. The Kier molecular flexibility index (Phi) is 9.32. The molecule has 3 aromatic rings. The molecule has 0 saturated carbocycles. The largest absolute Gasteiger partial charge is 0.490 e. The molecule has 3 aromatic carbocycles. The summed E-state index contributed by atoms with van der Waals surface area (Å²) in [4.78, 5) is 39.3. The van der Waals surface area contributed by atoms with E-state index in [0.717, 1.165) is 22.2 Å². The first-order chi connectivity index (χ1) is 18.6. The van der Waals surface area contributed by atoms with Crippen molar-refractivity contribution in [2.75, 3.05) is 18.5 Å². The Morgan fingerprint density at radius 3 is 2.56 bits per heavy atom. The molecule has 0 spiro atoms. The van der Waals surface area contributed by atoms with Gasteiger partial charge in [-0.1, -0.05) is 29.8 Å². The number of anilines is 1. The first-order valence-corrected chi connectivity index (χ1v) is 13.8. The summed E-state index contributed by atoms with van der Waals surface area (Å²) in [7, 11) is 0. The van der Waals surface area contributed by atoms with Crippen molar-refractivity contribution >= 4 is 68.1 Å². The van der Waals surface area contributed by atoms with Crippen molar-refractivity contribution in [3.8, 4) is 11.5 Å². The number of imide groups is 1. The van der Waals surface area contributed by atoms with Crippen molar-refractivity contribution in [2.24, 2.45) is 0 Å². The minimum Gasteiger partial charge on any atom is -0.490 e. The van der Waals surface area contributed by atoms with Gasteiger partial charge in [0.25, 0.3) is 17.1 Å². The minimum atomic E-state index is -0.448. The van der Waals surface area contributed by atoms with Gasteiger partial charge in [-0.05, 0) is 101 Å².